The molecule has 0 radical (unpaired) electrons. The van der Waals surface area contributed by atoms with Crippen molar-refractivity contribution in [2.24, 2.45) is 11.0 Å². The van der Waals surface area contributed by atoms with Crippen molar-refractivity contribution in [3.63, 3.8) is 0 Å². The highest BCUT2D eigenvalue weighted by molar-refractivity contribution is 7.98. The molecule has 1 aromatic carbocycles. The third-order valence-electron chi connectivity index (χ3n) is 3.78. The van der Waals surface area contributed by atoms with Gasteiger partial charge >= 0.3 is 0 Å². The summed E-state index contributed by atoms with van der Waals surface area (Å²) in [4.78, 5) is 1.39. The Morgan fingerprint density at radius 1 is 1.16 bits per heavy atom. The van der Waals surface area contributed by atoms with Gasteiger partial charge in [0.25, 0.3) is 0 Å². The number of rotatable bonds is 1. The summed E-state index contributed by atoms with van der Waals surface area (Å²) in [7, 11) is 0. The van der Waals surface area contributed by atoms with E-state index in [-0.39, 0.29) is 0 Å². The molecular formula is C15H14N2S2. The highest BCUT2D eigenvalue weighted by atomic mass is 32.2. The number of hydrogen-bond acceptors (Lipinski definition) is 4. The lowest BCUT2D eigenvalue weighted by Gasteiger charge is -2.17. The molecular weight excluding hydrogens is 272 g/mol. The minimum atomic E-state index is 0.355. The van der Waals surface area contributed by atoms with E-state index in [4.69, 9.17) is 0 Å². The molecule has 2 atom stereocenters. The van der Waals surface area contributed by atoms with Crippen LogP contribution in [0.15, 0.2) is 46.9 Å². The van der Waals surface area contributed by atoms with E-state index in [2.05, 4.69) is 52.3 Å². The normalized spacial score (nSPS) is 24.9. The molecule has 0 aliphatic carbocycles. The fourth-order valence-corrected chi connectivity index (χ4v) is 4.86. The number of hydrogen-bond donors (Lipinski definition) is 1. The van der Waals surface area contributed by atoms with Crippen molar-refractivity contribution in [2.45, 2.75) is 11.8 Å². The van der Waals surface area contributed by atoms with Crippen LogP contribution in [0.4, 0.5) is 0 Å². The zero-order valence-electron chi connectivity index (χ0n) is 10.4. The third kappa shape index (κ3) is 1.90. The molecule has 0 saturated carbocycles. The van der Waals surface area contributed by atoms with Crippen LogP contribution in [-0.4, -0.2) is 11.5 Å². The number of nitrogens with one attached hydrogen (secondary N) is 1. The van der Waals surface area contributed by atoms with Gasteiger partial charge in [-0.1, -0.05) is 30.3 Å². The van der Waals surface area contributed by atoms with Crippen LogP contribution in [0.5, 0.6) is 0 Å². The van der Waals surface area contributed by atoms with Gasteiger partial charge in [-0.2, -0.15) is 16.9 Å². The van der Waals surface area contributed by atoms with E-state index < -0.39 is 0 Å². The monoisotopic (exact) mass is 286 g/mol. The van der Waals surface area contributed by atoms with Crippen molar-refractivity contribution >= 4 is 28.8 Å². The Morgan fingerprint density at radius 3 is 3.00 bits per heavy atom. The quantitative estimate of drug-likeness (QED) is 0.865. The summed E-state index contributed by atoms with van der Waals surface area (Å²) in [6.07, 6.45) is 0. The maximum atomic E-state index is 4.66. The molecule has 2 nitrogen and oxygen atoms in total. The van der Waals surface area contributed by atoms with Crippen LogP contribution >= 0.6 is 23.1 Å². The highest BCUT2D eigenvalue weighted by Gasteiger charge is 2.36. The van der Waals surface area contributed by atoms with Crippen molar-refractivity contribution in [1.82, 2.24) is 5.43 Å². The van der Waals surface area contributed by atoms with Crippen LogP contribution in [0.25, 0.3) is 0 Å². The van der Waals surface area contributed by atoms with E-state index in [9.17, 15) is 0 Å². The second kappa shape index (κ2) is 4.69. The van der Waals surface area contributed by atoms with E-state index >= 15 is 0 Å². The van der Waals surface area contributed by atoms with Crippen molar-refractivity contribution in [3.05, 3.63) is 57.8 Å². The molecule has 2 aliphatic heterocycles. The molecule has 0 saturated heterocycles. The van der Waals surface area contributed by atoms with Crippen LogP contribution in [0.3, 0.4) is 0 Å². The fraction of sp³-hybridized carbons (Fsp3) is 0.267. The fourth-order valence-electron chi connectivity index (χ4n) is 2.83. The Hall–Kier alpha value is -1.26. The van der Waals surface area contributed by atoms with E-state index in [0.29, 0.717) is 12.0 Å². The molecule has 19 heavy (non-hydrogen) atoms. The van der Waals surface area contributed by atoms with Crippen LogP contribution in [0, 0.1) is 5.92 Å². The Kier molecular flexibility index (Phi) is 2.85. The average Bonchev–Trinajstić information content (AvgIpc) is 3.05. The van der Waals surface area contributed by atoms with Gasteiger partial charge in [-0.05, 0) is 17.0 Å². The summed E-state index contributed by atoms with van der Waals surface area (Å²) in [6, 6.07) is 13.4. The van der Waals surface area contributed by atoms with Gasteiger partial charge in [0, 0.05) is 27.9 Å². The van der Waals surface area contributed by atoms with Crippen LogP contribution in [-0.2, 0) is 5.75 Å². The average molecular weight is 286 g/mol. The number of hydrazone groups is 1. The van der Waals surface area contributed by atoms with Crippen molar-refractivity contribution in [3.8, 4) is 0 Å². The predicted octanol–water partition coefficient (Wildman–Crippen LogP) is 3.66. The molecule has 1 N–H and O–H groups in total. The van der Waals surface area contributed by atoms with Gasteiger partial charge in [0.05, 0.1) is 11.8 Å². The lowest BCUT2D eigenvalue weighted by Crippen LogP contribution is -2.22. The molecule has 4 heteroatoms. The number of fused-ring (bicyclic) bond motifs is 3. The number of nitrogens with zero attached hydrogens (tertiary/aromatic N) is 1. The van der Waals surface area contributed by atoms with Gasteiger partial charge < -0.3 is 5.43 Å². The third-order valence-corrected chi connectivity index (χ3v) is 5.84. The van der Waals surface area contributed by atoms with E-state index in [0.717, 1.165) is 11.5 Å². The second-order valence-corrected chi connectivity index (χ2v) is 6.91. The summed E-state index contributed by atoms with van der Waals surface area (Å²) in [5, 5.41) is 6.80. The van der Waals surface area contributed by atoms with E-state index in [1.807, 2.05) is 23.1 Å². The van der Waals surface area contributed by atoms with Crippen molar-refractivity contribution in [1.29, 1.82) is 0 Å². The molecule has 4 rings (SSSR count). The van der Waals surface area contributed by atoms with Gasteiger partial charge in [0.15, 0.2) is 0 Å². The standard InChI is InChI=1S/C15H14N2S2/c1-2-5-11-10(4-1)8-18-9-12-14(11)16-17-15(12)13-6-3-7-19-13/h1-7,12,15,17H,8-9H2/t12-,15+/m0/s1. The maximum Gasteiger partial charge on any atom is 0.0874 e. The molecule has 2 aromatic rings. The molecule has 0 bridgehead atoms. The Balaban J connectivity index is 1.75. The molecule has 2 aliphatic rings. The van der Waals surface area contributed by atoms with Crippen LogP contribution < -0.4 is 5.43 Å². The molecule has 0 fully saturated rings. The minimum Gasteiger partial charge on any atom is -0.301 e. The van der Waals surface area contributed by atoms with Gasteiger partial charge in [-0.15, -0.1) is 11.3 Å². The largest absolute Gasteiger partial charge is 0.301 e. The van der Waals surface area contributed by atoms with Crippen molar-refractivity contribution in [2.75, 3.05) is 5.75 Å². The molecule has 0 unspecified atom stereocenters. The first-order chi connectivity index (χ1) is 9.43. The summed E-state index contributed by atoms with van der Waals surface area (Å²) < 4.78 is 0. The van der Waals surface area contributed by atoms with Crippen molar-refractivity contribution < 1.29 is 0 Å². The summed E-state index contributed by atoms with van der Waals surface area (Å²) in [5.41, 5.74) is 7.36. The molecule has 1 aromatic heterocycles. The van der Waals surface area contributed by atoms with Crippen LogP contribution in [0.1, 0.15) is 22.0 Å². The van der Waals surface area contributed by atoms with Gasteiger partial charge in [0.2, 0.25) is 0 Å². The summed E-state index contributed by atoms with van der Waals surface area (Å²) >= 11 is 3.84. The van der Waals surface area contributed by atoms with Gasteiger partial charge in [-0.25, -0.2) is 0 Å². The second-order valence-electron chi connectivity index (χ2n) is 4.90. The first-order valence-corrected chi connectivity index (χ1v) is 8.49. The lowest BCUT2D eigenvalue weighted by molar-refractivity contribution is 0.539. The van der Waals surface area contributed by atoms with Gasteiger partial charge in [0.1, 0.15) is 0 Å². The zero-order chi connectivity index (χ0) is 12.7. The van der Waals surface area contributed by atoms with E-state index in [1.165, 1.54) is 21.7 Å². The summed E-state index contributed by atoms with van der Waals surface area (Å²) in [6.45, 7) is 0. The summed E-state index contributed by atoms with van der Waals surface area (Å²) in [5.74, 6) is 2.73. The smallest absolute Gasteiger partial charge is 0.0874 e. The maximum absolute atomic E-state index is 4.66. The zero-order valence-corrected chi connectivity index (χ0v) is 12.0. The minimum absolute atomic E-state index is 0.355. The molecule has 96 valence electrons. The number of thioether (sulfide) groups is 1. The SMILES string of the molecule is c1csc([C@@H]2NN=C3c4ccccc4CSC[C@@H]32)c1. The van der Waals surface area contributed by atoms with E-state index in [1.54, 1.807) is 0 Å². The first kappa shape index (κ1) is 11.6. The Labute approximate surface area is 120 Å². The van der Waals surface area contributed by atoms with Gasteiger partial charge in [-0.3, -0.25) is 0 Å². The Bertz CT molecular complexity index is 619. The molecule has 0 amide bonds. The number of benzene rings is 1. The molecule has 0 spiro atoms. The first-order valence-electron chi connectivity index (χ1n) is 6.46. The topological polar surface area (TPSA) is 24.4 Å². The number of thiophene rings is 1. The predicted molar refractivity (Wildman–Crippen MR) is 82.8 cm³/mol. The van der Waals surface area contributed by atoms with Crippen LogP contribution in [0.2, 0.25) is 0 Å². The Morgan fingerprint density at radius 2 is 2.11 bits per heavy atom. The highest BCUT2D eigenvalue weighted by Crippen LogP contribution is 2.38. The lowest BCUT2D eigenvalue weighted by atomic mass is 9.90. The molecule has 3 heterocycles.